The first kappa shape index (κ1) is 15.7. The first-order valence-corrected chi connectivity index (χ1v) is 7.69. The van der Waals surface area contributed by atoms with Crippen molar-refractivity contribution < 1.29 is 4.74 Å². The minimum atomic E-state index is 0.805. The summed E-state index contributed by atoms with van der Waals surface area (Å²) in [5.74, 6) is 0.805. The SMILES string of the molecule is CNc1cc(-c2cccnc2-c2cccc(OC)c2)ccc1C=N. The Morgan fingerprint density at radius 2 is 1.92 bits per heavy atom. The molecule has 2 aromatic carbocycles. The van der Waals surface area contributed by atoms with Gasteiger partial charge in [-0.15, -0.1) is 0 Å². The van der Waals surface area contributed by atoms with Crippen LogP contribution in [0.25, 0.3) is 22.4 Å². The number of benzene rings is 2. The second-order valence-corrected chi connectivity index (χ2v) is 5.33. The molecule has 4 heteroatoms. The van der Waals surface area contributed by atoms with Crippen LogP contribution in [0.1, 0.15) is 5.56 Å². The lowest BCUT2D eigenvalue weighted by molar-refractivity contribution is 0.415. The Morgan fingerprint density at radius 1 is 1.04 bits per heavy atom. The second kappa shape index (κ2) is 6.96. The number of aromatic nitrogens is 1. The van der Waals surface area contributed by atoms with E-state index in [4.69, 9.17) is 10.1 Å². The minimum absolute atomic E-state index is 0.805. The molecule has 3 rings (SSSR count). The summed E-state index contributed by atoms with van der Waals surface area (Å²) in [6, 6.07) is 17.9. The Hall–Kier alpha value is -3.14. The molecule has 0 aliphatic heterocycles. The Labute approximate surface area is 141 Å². The van der Waals surface area contributed by atoms with Gasteiger partial charge in [-0.1, -0.05) is 30.3 Å². The van der Waals surface area contributed by atoms with Crippen molar-refractivity contribution >= 4 is 11.9 Å². The van der Waals surface area contributed by atoms with Gasteiger partial charge in [-0.2, -0.15) is 0 Å². The highest BCUT2D eigenvalue weighted by molar-refractivity contribution is 5.90. The van der Waals surface area contributed by atoms with Crippen molar-refractivity contribution in [2.45, 2.75) is 0 Å². The van der Waals surface area contributed by atoms with Crippen LogP contribution >= 0.6 is 0 Å². The summed E-state index contributed by atoms with van der Waals surface area (Å²) in [5, 5.41) is 10.6. The average molecular weight is 317 g/mol. The third-order valence-corrected chi connectivity index (χ3v) is 3.94. The van der Waals surface area contributed by atoms with E-state index in [1.54, 1.807) is 13.3 Å². The Morgan fingerprint density at radius 3 is 2.67 bits per heavy atom. The van der Waals surface area contributed by atoms with Crippen LogP contribution < -0.4 is 10.1 Å². The number of pyridine rings is 1. The van der Waals surface area contributed by atoms with Gasteiger partial charge in [0.25, 0.3) is 0 Å². The normalized spacial score (nSPS) is 10.2. The number of hydrogen-bond donors (Lipinski definition) is 2. The van der Waals surface area contributed by atoms with Crippen LogP contribution in [-0.2, 0) is 0 Å². The van der Waals surface area contributed by atoms with E-state index in [1.165, 1.54) is 6.21 Å². The van der Waals surface area contributed by atoms with Gasteiger partial charge in [0.2, 0.25) is 0 Å². The van der Waals surface area contributed by atoms with Crippen molar-refractivity contribution in [2.75, 3.05) is 19.5 Å². The second-order valence-electron chi connectivity index (χ2n) is 5.33. The highest BCUT2D eigenvalue weighted by Gasteiger charge is 2.11. The molecule has 1 heterocycles. The van der Waals surface area contributed by atoms with Crippen molar-refractivity contribution in [1.29, 1.82) is 5.41 Å². The molecule has 24 heavy (non-hydrogen) atoms. The lowest BCUT2D eigenvalue weighted by Crippen LogP contribution is -1.96. The van der Waals surface area contributed by atoms with E-state index in [2.05, 4.69) is 16.4 Å². The monoisotopic (exact) mass is 317 g/mol. The standard InChI is InChI=1S/C20H19N3O/c1-22-19-12-14(8-9-16(19)13-21)18-7-4-10-23-20(18)15-5-3-6-17(11-15)24-2/h3-13,21-22H,1-2H3. The first-order valence-electron chi connectivity index (χ1n) is 7.69. The van der Waals surface area contributed by atoms with Gasteiger partial charge in [0.05, 0.1) is 12.8 Å². The zero-order chi connectivity index (χ0) is 16.9. The van der Waals surface area contributed by atoms with Gasteiger partial charge in [-0.05, 0) is 29.8 Å². The van der Waals surface area contributed by atoms with Gasteiger partial charge >= 0.3 is 0 Å². The smallest absolute Gasteiger partial charge is 0.119 e. The molecule has 0 aliphatic rings. The van der Waals surface area contributed by atoms with Gasteiger partial charge in [0.1, 0.15) is 5.75 Å². The topological polar surface area (TPSA) is 58.0 Å². The molecule has 0 bridgehead atoms. The van der Waals surface area contributed by atoms with Crippen molar-refractivity contribution in [3.63, 3.8) is 0 Å². The fourth-order valence-corrected chi connectivity index (χ4v) is 2.70. The molecule has 0 spiro atoms. The zero-order valence-corrected chi connectivity index (χ0v) is 13.7. The average Bonchev–Trinajstić information content (AvgIpc) is 2.67. The van der Waals surface area contributed by atoms with E-state index < -0.39 is 0 Å². The number of nitrogens with one attached hydrogen (secondary N) is 2. The molecule has 4 nitrogen and oxygen atoms in total. The maximum absolute atomic E-state index is 7.49. The van der Waals surface area contributed by atoms with Crippen LogP contribution in [0.5, 0.6) is 5.75 Å². The number of anilines is 1. The first-order chi connectivity index (χ1) is 11.8. The molecule has 0 amide bonds. The Balaban J connectivity index is 2.14. The summed E-state index contributed by atoms with van der Waals surface area (Å²) < 4.78 is 5.33. The van der Waals surface area contributed by atoms with Crippen LogP contribution in [0.2, 0.25) is 0 Å². The lowest BCUT2D eigenvalue weighted by Gasteiger charge is -2.12. The largest absolute Gasteiger partial charge is 0.497 e. The van der Waals surface area contributed by atoms with Gasteiger partial charge in [0, 0.05) is 41.8 Å². The van der Waals surface area contributed by atoms with Crippen LogP contribution in [0.4, 0.5) is 5.69 Å². The van der Waals surface area contributed by atoms with Crippen LogP contribution in [0.15, 0.2) is 60.8 Å². The maximum atomic E-state index is 7.49. The summed E-state index contributed by atoms with van der Waals surface area (Å²) >= 11 is 0. The molecule has 120 valence electrons. The summed E-state index contributed by atoms with van der Waals surface area (Å²) in [7, 11) is 3.52. The number of hydrogen-bond acceptors (Lipinski definition) is 4. The van der Waals surface area contributed by atoms with Crippen molar-refractivity contribution in [2.24, 2.45) is 0 Å². The summed E-state index contributed by atoms with van der Waals surface area (Å²) in [6.07, 6.45) is 3.14. The fourth-order valence-electron chi connectivity index (χ4n) is 2.70. The van der Waals surface area contributed by atoms with Crippen LogP contribution in [0, 0.1) is 5.41 Å². The van der Waals surface area contributed by atoms with E-state index in [9.17, 15) is 0 Å². The maximum Gasteiger partial charge on any atom is 0.119 e. The molecular weight excluding hydrogens is 298 g/mol. The third-order valence-electron chi connectivity index (χ3n) is 3.94. The highest BCUT2D eigenvalue weighted by atomic mass is 16.5. The van der Waals surface area contributed by atoms with Crippen molar-refractivity contribution in [3.05, 3.63) is 66.4 Å². The summed E-state index contributed by atoms with van der Waals surface area (Å²) in [5.41, 5.74) is 5.78. The minimum Gasteiger partial charge on any atom is -0.497 e. The summed E-state index contributed by atoms with van der Waals surface area (Å²) in [6.45, 7) is 0. The molecule has 0 fully saturated rings. The molecular formula is C20H19N3O. The molecule has 0 saturated heterocycles. The van der Waals surface area contributed by atoms with Gasteiger partial charge in [0.15, 0.2) is 0 Å². The molecule has 2 N–H and O–H groups in total. The summed E-state index contributed by atoms with van der Waals surface area (Å²) in [4.78, 5) is 4.58. The fraction of sp³-hybridized carbons (Fsp3) is 0.100. The number of nitrogens with zero attached hydrogens (tertiary/aromatic N) is 1. The molecule has 0 radical (unpaired) electrons. The lowest BCUT2D eigenvalue weighted by atomic mass is 9.97. The number of methoxy groups -OCH3 is 1. The number of rotatable bonds is 5. The quantitative estimate of drug-likeness (QED) is 0.683. The van der Waals surface area contributed by atoms with Crippen LogP contribution in [0.3, 0.4) is 0 Å². The van der Waals surface area contributed by atoms with Crippen molar-refractivity contribution in [1.82, 2.24) is 4.98 Å². The molecule has 1 aromatic heterocycles. The van der Waals surface area contributed by atoms with Gasteiger partial charge < -0.3 is 15.5 Å². The molecule has 0 unspecified atom stereocenters. The Bertz CT molecular complexity index is 874. The predicted octanol–water partition coefficient (Wildman–Crippen LogP) is 4.46. The van der Waals surface area contributed by atoms with E-state index in [0.717, 1.165) is 39.4 Å². The van der Waals surface area contributed by atoms with Gasteiger partial charge in [-0.25, -0.2) is 0 Å². The highest BCUT2D eigenvalue weighted by Crippen LogP contribution is 2.33. The van der Waals surface area contributed by atoms with Crippen LogP contribution in [-0.4, -0.2) is 25.4 Å². The number of ether oxygens (including phenoxy) is 1. The van der Waals surface area contributed by atoms with E-state index in [0.29, 0.717) is 0 Å². The van der Waals surface area contributed by atoms with E-state index in [1.807, 2.05) is 55.6 Å². The molecule has 3 aromatic rings. The molecule has 0 saturated carbocycles. The third kappa shape index (κ3) is 2.99. The molecule has 0 atom stereocenters. The van der Waals surface area contributed by atoms with Gasteiger partial charge in [-0.3, -0.25) is 4.98 Å². The predicted molar refractivity (Wildman–Crippen MR) is 99.1 cm³/mol. The zero-order valence-electron chi connectivity index (χ0n) is 13.7. The van der Waals surface area contributed by atoms with E-state index in [-0.39, 0.29) is 0 Å². The van der Waals surface area contributed by atoms with E-state index >= 15 is 0 Å². The molecule has 0 aliphatic carbocycles. The van der Waals surface area contributed by atoms with Crippen molar-refractivity contribution in [3.8, 4) is 28.1 Å². The Kier molecular flexibility index (Phi) is 4.57.